The molecule has 2 amide bonds. The molecule has 0 saturated heterocycles. The molecule has 27 heavy (non-hydrogen) atoms. The number of nitrogens with zero attached hydrogens (tertiary/aromatic N) is 2. The zero-order chi connectivity index (χ0) is 19.8. The molecule has 6 nitrogen and oxygen atoms in total. The molecule has 8 heteroatoms. The Kier molecular flexibility index (Phi) is 8.47. The van der Waals surface area contributed by atoms with Gasteiger partial charge in [0.05, 0.1) is 0 Å². The predicted molar refractivity (Wildman–Crippen MR) is 109 cm³/mol. The van der Waals surface area contributed by atoms with Gasteiger partial charge in [0.25, 0.3) is 0 Å². The molecule has 0 radical (unpaired) electrons. The zero-order valence-corrected chi connectivity index (χ0v) is 19.7. The molecule has 0 aliphatic carbocycles. The number of rotatable bonds is 8. The van der Waals surface area contributed by atoms with Crippen molar-refractivity contribution in [3.05, 3.63) is 71.8 Å². The molecular weight excluding hydrogens is 571 g/mol. The van der Waals surface area contributed by atoms with Crippen LogP contribution in [0.1, 0.15) is 17.5 Å². The summed E-state index contributed by atoms with van der Waals surface area (Å²) in [4.78, 5) is 24.3. The Bertz CT molecular complexity index is 759. The van der Waals surface area contributed by atoms with Crippen LogP contribution in [-0.4, -0.2) is 86.9 Å². The second-order valence-electron chi connectivity index (χ2n) is 5.71. The van der Waals surface area contributed by atoms with E-state index in [1.807, 2.05) is 104 Å². The van der Waals surface area contributed by atoms with E-state index >= 15 is 0 Å². The average molecular weight is 592 g/mol. The predicted octanol–water partition coefficient (Wildman–Crippen LogP) is -0.00410. The van der Waals surface area contributed by atoms with Crippen LogP contribution in [-0.2, 0) is 9.59 Å². The van der Waals surface area contributed by atoms with Crippen molar-refractivity contribution in [1.82, 2.24) is 20.9 Å². The van der Waals surface area contributed by atoms with E-state index in [9.17, 15) is 9.59 Å². The van der Waals surface area contributed by atoms with E-state index in [-0.39, 0.29) is 18.2 Å². The molecule has 0 fully saturated rings. The van der Waals surface area contributed by atoms with Crippen LogP contribution in [0.25, 0.3) is 0 Å². The van der Waals surface area contributed by atoms with Crippen molar-refractivity contribution in [2.45, 2.75) is 6.42 Å². The van der Waals surface area contributed by atoms with Gasteiger partial charge in [0.2, 0.25) is 0 Å². The molecular formula is C19H20N4O2Te2. The third-order valence-electron chi connectivity index (χ3n) is 3.56. The number of nitrogens with one attached hydrogen (secondary N) is 2. The third-order valence-corrected chi connectivity index (χ3v) is 6.47. The van der Waals surface area contributed by atoms with Gasteiger partial charge < -0.3 is 0 Å². The molecule has 140 valence electrons. The van der Waals surface area contributed by atoms with Crippen LogP contribution in [0.3, 0.4) is 0 Å². The zero-order valence-electron chi connectivity index (χ0n) is 15.0. The molecule has 0 bridgehead atoms. The number of hydrogen-bond donors (Lipinski definition) is 2. The molecule has 0 aromatic heterocycles. The summed E-state index contributed by atoms with van der Waals surface area (Å²) < 4.78 is 1.79. The van der Waals surface area contributed by atoms with Gasteiger partial charge in [0.15, 0.2) is 0 Å². The van der Waals surface area contributed by atoms with Crippen LogP contribution >= 0.6 is 0 Å². The SMILES string of the molecule is CN(NC(=O)CC(=O)NN(C)C(=[Te])c1ccccc1)C(=[Te])c1ccccc1. The first kappa shape index (κ1) is 21.6. The molecule has 0 aliphatic heterocycles. The first-order valence-corrected chi connectivity index (χ1v) is 10.5. The number of benzene rings is 2. The summed E-state index contributed by atoms with van der Waals surface area (Å²) in [6, 6.07) is 19.5. The minimum absolute atomic E-state index is 0.263. The van der Waals surface area contributed by atoms with Crippen LogP contribution in [0.2, 0.25) is 0 Å². The Hall–Kier alpha value is -1.70. The summed E-state index contributed by atoms with van der Waals surface area (Å²) in [5.41, 5.74) is 7.44. The summed E-state index contributed by atoms with van der Waals surface area (Å²) >= 11 is 3.64. The maximum atomic E-state index is 12.2. The van der Waals surface area contributed by atoms with Crippen molar-refractivity contribution in [2.24, 2.45) is 0 Å². The minimum atomic E-state index is -0.376. The maximum absolute atomic E-state index is 12.2. The van der Waals surface area contributed by atoms with E-state index in [4.69, 9.17) is 0 Å². The van der Waals surface area contributed by atoms with E-state index in [0.717, 1.165) is 18.5 Å². The Morgan fingerprint density at radius 2 is 1.07 bits per heavy atom. The van der Waals surface area contributed by atoms with Crippen LogP contribution in [0, 0.1) is 0 Å². The average Bonchev–Trinajstić information content (AvgIpc) is 2.67. The van der Waals surface area contributed by atoms with Crippen molar-refractivity contribution in [2.75, 3.05) is 14.1 Å². The molecule has 2 aromatic carbocycles. The quantitative estimate of drug-likeness (QED) is 0.258. The van der Waals surface area contributed by atoms with Crippen molar-refractivity contribution in [3.8, 4) is 0 Å². The van der Waals surface area contributed by atoms with E-state index in [1.165, 1.54) is 0 Å². The molecule has 0 spiro atoms. The van der Waals surface area contributed by atoms with Crippen LogP contribution in [0.4, 0.5) is 0 Å². The summed E-state index contributed by atoms with van der Waals surface area (Å²) in [5.74, 6) is -0.752. The van der Waals surface area contributed by atoms with Crippen molar-refractivity contribution >= 4 is 62.8 Å². The van der Waals surface area contributed by atoms with Crippen molar-refractivity contribution < 1.29 is 9.59 Å². The molecule has 0 unspecified atom stereocenters. The molecule has 2 rings (SSSR count). The molecule has 2 N–H and O–H groups in total. The fourth-order valence-corrected chi connectivity index (χ4v) is 3.29. The molecule has 0 aliphatic rings. The Balaban J connectivity index is 1.83. The molecule has 0 heterocycles. The second kappa shape index (κ2) is 10.6. The van der Waals surface area contributed by atoms with Crippen LogP contribution < -0.4 is 10.9 Å². The topological polar surface area (TPSA) is 64.7 Å². The van der Waals surface area contributed by atoms with Gasteiger partial charge in [-0.1, -0.05) is 0 Å². The van der Waals surface area contributed by atoms with Crippen LogP contribution in [0.5, 0.6) is 0 Å². The normalized spacial score (nSPS) is 9.85. The first-order chi connectivity index (χ1) is 12.9. The number of carbonyl (C=O) groups is 2. The Morgan fingerprint density at radius 1 is 0.741 bits per heavy atom. The number of hydrazine groups is 2. The molecule has 0 saturated carbocycles. The summed E-state index contributed by atoms with van der Waals surface area (Å²) in [5, 5.41) is 3.25. The van der Waals surface area contributed by atoms with Crippen LogP contribution in [0.15, 0.2) is 60.7 Å². The summed E-state index contributed by atoms with van der Waals surface area (Å²) in [6.07, 6.45) is -0.263. The summed E-state index contributed by atoms with van der Waals surface area (Å²) in [6.45, 7) is 0. The first-order valence-electron chi connectivity index (χ1n) is 8.13. The van der Waals surface area contributed by atoms with Gasteiger partial charge >= 0.3 is 186 Å². The van der Waals surface area contributed by atoms with Crippen molar-refractivity contribution in [1.29, 1.82) is 0 Å². The van der Waals surface area contributed by atoms with Gasteiger partial charge in [-0.05, 0) is 0 Å². The third kappa shape index (κ3) is 6.75. The van der Waals surface area contributed by atoms with Gasteiger partial charge in [0, 0.05) is 0 Å². The van der Waals surface area contributed by atoms with E-state index < -0.39 is 0 Å². The van der Waals surface area contributed by atoms with Gasteiger partial charge in [0.1, 0.15) is 0 Å². The van der Waals surface area contributed by atoms with E-state index in [2.05, 4.69) is 10.9 Å². The number of carbonyl (C=O) groups excluding carboxylic acids is 2. The second-order valence-corrected chi connectivity index (χ2v) is 7.91. The Labute approximate surface area is 184 Å². The standard InChI is InChI=1S/C19H20N4O2Te2/c1-22(18(26)14-9-5-3-6-10-14)20-16(24)13-17(25)21-23(2)19(27)15-11-7-4-8-12-15/h3-12H,13H2,1-2H3,(H,20,24)(H,21,25). The number of amides is 2. The van der Waals surface area contributed by atoms with Gasteiger partial charge in [-0.3, -0.25) is 0 Å². The molecule has 2 aromatic rings. The van der Waals surface area contributed by atoms with E-state index in [1.54, 1.807) is 24.1 Å². The fraction of sp³-hybridized carbons (Fsp3) is 0.158. The molecule has 0 atom stereocenters. The van der Waals surface area contributed by atoms with Gasteiger partial charge in [-0.15, -0.1) is 0 Å². The Morgan fingerprint density at radius 3 is 1.41 bits per heavy atom. The monoisotopic (exact) mass is 596 g/mol. The summed E-state index contributed by atoms with van der Waals surface area (Å²) in [7, 11) is 3.50. The van der Waals surface area contributed by atoms with E-state index in [0.29, 0.717) is 0 Å². The van der Waals surface area contributed by atoms with Gasteiger partial charge in [-0.25, -0.2) is 0 Å². The number of hydrogen-bond acceptors (Lipinski definition) is 4. The van der Waals surface area contributed by atoms with Gasteiger partial charge in [-0.2, -0.15) is 0 Å². The fourth-order valence-electron chi connectivity index (χ4n) is 2.25. The van der Waals surface area contributed by atoms with Crippen molar-refractivity contribution in [3.63, 3.8) is 0 Å².